The Kier molecular flexibility index (Phi) is 5.43. The number of halogens is 1. The van der Waals surface area contributed by atoms with Crippen molar-refractivity contribution in [2.75, 3.05) is 6.54 Å². The minimum atomic E-state index is -0.399. The van der Waals surface area contributed by atoms with E-state index in [0.717, 1.165) is 32.1 Å². The maximum atomic E-state index is 12.9. The van der Waals surface area contributed by atoms with Crippen molar-refractivity contribution in [1.29, 1.82) is 0 Å². The molecule has 1 N–H and O–H groups in total. The summed E-state index contributed by atoms with van der Waals surface area (Å²) in [6.45, 7) is 2.59. The van der Waals surface area contributed by atoms with Crippen LogP contribution in [0, 0.1) is 5.82 Å². The minimum Gasteiger partial charge on any atom is -0.485 e. The molecule has 144 valence electrons. The second kappa shape index (κ2) is 8.31. The van der Waals surface area contributed by atoms with Gasteiger partial charge in [-0.25, -0.2) is 9.07 Å². The second-order valence-electron chi connectivity index (χ2n) is 6.79. The molecular weight excluding hydrogens is 359 g/mol. The van der Waals surface area contributed by atoms with E-state index in [2.05, 4.69) is 33.6 Å². The van der Waals surface area contributed by atoms with Gasteiger partial charge in [0, 0.05) is 19.2 Å². The first kappa shape index (κ1) is 18.3. The number of aromatic nitrogens is 3. The van der Waals surface area contributed by atoms with E-state index in [1.807, 2.05) is 0 Å². The smallest absolute Gasteiger partial charge is 0.270 e. The van der Waals surface area contributed by atoms with Gasteiger partial charge in [0.15, 0.2) is 0 Å². The highest BCUT2D eigenvalue weighted by molar-refractivity contribution is 5.33. The minimum absolute atomic E-state index is 0.148. The number of fused-ring (bicyclic) bond motifs is 1. The molecule has 0 saturated carbocycles. The van der Waals surface area contributed by atoms with Crippen molar-refractivity contribution in [2.24, 2.45) is 0 Å². The van der Waals surface area contributed by atoms with Gasteiger partial charge in [0.05, 0.1) is 18.1 Å². The summed E-state index contributed by atoms with van der Waals surface area (Å²) in [7, 11) is 0. The van der Waals surface area contributed by atoms with Crippen LogP contribution in [-0.2, 0) is 32.5 Å². The van der Waals surface area contributed by atoms with Gasteiger partial charge in [-0.15, -0.1) is 0 Å². The molecule has 0 atom stereocenters. The first-order chi connectivity index (χ1) is 13.7. The fraction of sp³-hybridized carbons (Fsp3) is 0.286. The largest absolute Gasteiger partial charge is 0.485 e. The van der Waals surface area contributed by atoms with Crippen LogP contribution < -0.4 is 15.6 Å². The molecular formula is C21H21FN4O2. The Bertz CT molecular complexity index is 1020. The highest BCUT2D eigenvalue weighted by Crippen LogP contribution is 2.16. The molecule has 1 aliphatic rings. The molecule has 0 unspecified atom stereocenters. The van der Waals surface area contributed by atoms with E-state index in [1.54, 1.807) is 6.07 Å². The third kappa shape index (κ3) is 4.43. The van der Waals surface area contributed by atoms with Gasteiger partial charge in [0.1, 0.15) is 18.2 Å². The molecule has 1 aromatic carbocycles. The van der Waals surface area contributed by atoms with E-state index in [-0.39, 0.29) is 12.2 Å². The summed E-state index contributed by atoms with van der Waals surface area (Å²) in [4.78, 5) is 16.2. The van der Waals surface area contributed by atoms with Gasteiger partial charge in [0.2, 0.25) is 0 Å². The zero-order valence-corrected chi connectivity index (χ0v) is 15.4. The number of pyridine rings is 1. The first-order valence-electron chi connectivity index (χ1n) is 9.29. The fourth-order valence-corrected chi connectivity index (χ4v) is 3.23. The Hall–Kier alpha value is -3.06. The van der Waals surface area contributed by atoms with Crippen LogP contribution in [0.15, 0.2) is 53.6 Å². The van der Waals surface area contributed by atoms with Crippen LogP contribution in [0.4, 0.5) is 4.39 Å². The molecule has 0 radical (unpaired) electrons. The normalized spacial score (nSPS) is 13.2. The van der Waals surface area contributed by atoms with Crippen LogP contribution in [0.5, 0.6) is 5.75 Å². The van der Waals surface area contributed by atoms with Crippen LogP contribution in [-0.4, -0.2) is 21.3 Å². The summed E-state index contributed by atoms with van der Waals surface area (Å²) < 4.78 is 19.8. The molecule has 2 aromatic heterocycles. The molecule has 0 spiro atoms. The van der Waals surface area contributed by atoms with Crippen molar-refractivity contribution in [2.45, 2.75) is 32.5 Å². The molecule has 3 heterocycles. The standard InChI is InChI=1S/C21H21FN4O2/c22-18-3-4-19(24-12-18)14-28-20-10-21(27)26(25-13-20)8-6-15-1-2-17-11-23-7-5-16(17)9-15/h1-4,9-10,12-13,23H,5-8,11,14H2. The van der Waals surface area contributed by atoms with Crippen LogP contribution >= 0.6 is 0 Å². The number of nitrogens with one attached hydrogen (secondary N) is 1. The van der Waals surface area contributed by atoms with Gasteiger partial charge in [-0.1, -0.05) is 18.2 Å². The average molecular weight is 380 g/mol. The van der Waals surface area contributed by atoms with E-state index in [0.29, 0.717) is 18.0 Å². The van der Waals surface area contributed by atoms with Crippen molar-refractivity contribution in [3.8, 4) is 5.75 Å². The summed E-state index contributed by atoms with van der Waals surface area (Å²) in [6.07, 6.45) is 4.43. The lowest BCUT2D eigenvalue weighted by Crippen LogP contribution is -2.24. The lowest BCUT2D eigenvalue weighted by molar-refractivity contribution is 0.297. The maximum absolute atomic E-state index is 12.9. The number of hydrogen-bond donors (Lipinski definition) is 1. The monoisotopic (exact) mass is 380 g/mol. The van der Waals surface area contributed by atoms with E-state index in [4.69, 9.17) is 4.74 Å². The van der Waals surface area contributed by atoms with E-state index in [1.165, 1.54) is 39.7 Å². The number of aryl methyl sites for hydroxylation is 2. The van der Waals surface area contributed by atoms with E-state index in [9.17, 15) is 9.18 Å². The van der Waals surface area contributed by atoms with Crippen molar-refractivity contribution < 1.29 is 9.13 Å². The van der Waals surface area contributed by atoms with Crippen LogP contribution in [0.25, 0.3) is 0 Å². The summed E-state index contributed by atoms with van der Waals surface area (Å²) in [5.74, 6) is -0.0303. The number of nitrogens with zero attached hydrogens (tertiary/aromatic N) is 3. The molecule has 6 nitrogen and oxygen atoms in total. The Morgan fingerprint density at radius 3 is 2.89 bits per heavy atom. The van der Waals surface area contributed by atoms with Crippen LogP contribution in [0.1, 0.15) is 22.4 Å². The molecule has 7 heteroatoms. The number of ether oxygens (including phenoxy) is 1. The van der Waals surface area contributed by atoms with Crippen molar-refractivity contribution in [3.05, 3.63) is 87.3 Å². The van der Waals surface area contributed by atoms with Crippen LogP contribution in [0.3, 0.4) is 0 Å². The lowest BCUT2D eigenvalue weighted by atomic mass is 9.97. The van der Waals surface area contributed by atoms with Gasteiger partial charge in [-0.05, 0) is 48.2 Å². The van der Waals surface area contributed by atoms with Gasteiger partial charge >= 0.3 is 0 Å². The van der Waals surface area contributed by atoms with Gasteiger partial charge < -0.3 is 10.1 Å². The summed E-state index contributed by atoms with van der Waals surface area (Å²) in [5, 5.41) is 7.56. The van der Waals surface area contributed by atoms with Gasteiger partial charge in [-0.3, -0.25) is 9.78 Å². The molecule has 0 amide bonds. The Balaban J connectivity index is 1.36. The van der Waals surface area contributed by atoms with E-state index < -0.39 is 5.82 Å². The third-order valence-electron chi connectivity index (χ3n) is 4.79. The molecule has 4 rings (SSSR count). The summed E-state index contributed by atoms with van der Waals surface area (Å²) in [5.41, 5.74) is 4.30. The van der Waals surface area contributed by atoms with Crippen molar-refractivity contribution in [1.82, 2.24) is 20.1 Å². The number of rotatable bonds is 6. The highest BCUT2D eigenvalue weighted by Gasteiger charge is 2.09. The van der Waals surface area contributed by atoms with Gasteiger partial charge in [-0.2, -0.15) is 5.10 Å². The van der Waals surface area contributed by atoms with Crippen molar-refractivity contribution in [3.63, 3.8) is 0 Å². The molecule has 0 fully saturated rings. The second-order valence-corrected chi connectivity index (χ2v) is 6.79. The molecule has 0 bridgehead atoms. The first-order valence-corrected chi connectivity index (χ1v) is 9.29. The average Bonchev–Trinajstić information content (AvgIpc) is 2.72. The molecule has 0 saturated heterocycles. The molecule has 28 heavy (non-hydrogen) atoms. The number of hydrogen-bond acceptors (Lipinski definition) is 5. The molecule has 0 aliphatic carbocycles. The highest BCUT2D eigenvalue weighted by atomic mass is 19.1. The Labute approximate surface area is 162 Å². The number of benzene rings is 1. The quantitative estimate of drug-likeness (QED) is 0.710. The van der Waals surface area contributed by atoms with Gasteiger partial charge in [0.25, 0.3) is 5.56 Å². The lowest BCUT2D eigenvalue weighted by Gasteiger charge is -2.18. The predicted octanol–water partition coefficient (Wildman–Crippen LogP) is 2.24. The molecule has 3 aromatic rings. The van der Waals surface area contributed by atoms with E-state index >= 15 is 0 Å². The van der Waals surface area contributed by atoms with Crippen LogP contribution in [0.2, 0.25) is 0 Å². The molecule has 1 aliphatic heterocycles. The zero-order valence-electron chi connectivity index (χ0n) is 15.4. The zero-order chi connectivity index (χ0) is 19.3. The SMILES string of the molecule is O=c1cc(OCc2ccc(F)cn2)cnn1CCc1ccc2c(c1)CCNC2. The Morgan fingerprint density at radius 2 is 2.07 bits per heavy atom. The van der Waals surface area contributed by atoms with Crippen molar-refractivity contribution >= 4 is 0 Å². The topological polar surface area (TPSA) is 69.0 Å². The summed E-state index contributed by atoms with van der Waals surface area (Å²) in [6, 6.07) is 10.8. The third-order valence-corrected chi connectivity index (χ3v) is 4.79. The predicted molar refractivity (Wildman–Crippen MR) is 103 cm³/mol. The summed E-state index contributed by atoms with van der Waals surface area (Å²) >= 11 is 0. The maximum Gasteiger partial charge on any atom is 0.270 e. The Morgan fingerprint density at radius 1 is 1.14 bits per heavy atom. The fourth-order valence-electron chi connectivity index (χ4n) is 3.23.